The molecule has 0 radical (unpaired) electrons. The molecule has 7 rings (SSSR count). The van der Waals surface area contributed by atoms with E-state index in [1.165, 1.54) is 14.9 Å². The lowest BCUT2D eigenvalue weighted by atomic mass is 10.1. The number of ether oxygens (including phenoxy) is 1. The molecule has 0 amide bonds. The average Bonchev–Trinajstić information content (AvgIpc) is 3.35. The standard InChI is InChI=1S/C38H39ClFN3O3Si/c1-38(2,3)47(29-15-9-5-10-16-29,30-17-11-6-12-18-30)46-28-20-19-27-25-45-37-33-31(42(27)22-21-28)23-32(44)43(24-26-13-7-4-8-14-26)35(33)34(40)36(39)41-37/h4-18,23,27-28H,19-22,24-25H2,1-3H3/t27-,28?/m0/s1. The zero-order chi connectivity index (χ0) is 32.8. The normalized spacial score (nSPS) is 18.3. The molecule has 9 heteroatoms. The number of hydrogen-bond acceptors (Lipinski definition) is 5. The molecule has 0 aliphatic carbocycles. The van der Waals surface area contributed by atoms with Gasteiger partial charge in [0, 0.05) is 18.7 Å². The van der Waals surface area contributed by atoms with Crippen molar-refractivity contribution in [2.75, 3.05) is 18.1 Å². The van der Waals surface area contributed by atoms with E-state index in [0.29, 0.717) is 24.2 Å². The molecular formula is C38H39ClFN3O3Si. The van der Waals surface area contributed by atoms with Crippen molar-refractivity contribution in [1.82, 2.24) is 9.55 Å². The molecule has 0 N–H and O–H groups in total. The van der Waals surface area contributed by atoms with Crippen LogP contribution in [0.3, 0.4) is 0 Å². The number of benzene rings is 3. The number of hydrogen-bond donors (Lipinski definition) is 0. The van der Waals surface area contributed by atoms with Crippen LogP contribution in [0, 0.1) is 5.82 Å². The highest BCUT2D eigenvalue weighted by atomic mass is 35.5. The molecule has 5 aromatic rings. The molecule has 2 aromatic heterocycles. The first-order chi connectivity index (χ1) is 22.7. The Morgan fingerprint density at radius 2 is 1.55 bits per heavy atom. The molecule has 47 heavy (non-hydrogen) atoms. The molecule has 0 spiro atoms. The smallest absolute Gasteiger partial charge is 0.261 e. The van der Waals surface area contributed by atoms with Crippen molar-refractivity contribution in [3.8, 4) is 5.88 Å². The van der Waals surface area contributed by atoms with Crippen LogP contribution >= 0.6 is 11.6 Å². The summed E-state index contributed by atoms with van der Waals surface area (Å²) in [6.45, 7) is 8.05. The van der Waals surface area contributed by atoms with Gasteiger partial charge in [0.15, 0.2) is 11.0 Å². The van der Waals surface area contributed by atoms with Crippen LogP contribution in [0.15, 0.2) is 102 Å². The molecule has 4 heterocycles. The fourth-order valence-corrected chi connectivity index (χ4v) is 12.4. The molecule has 2 aliphatic heterocycles. The number of rotatable bonds is 6. The number of anilines is 1. The monoisotopic (exact) mass is 667 g/mol. The maximum absolute atomic E-state index is 15.9. The molecule has 242 valence electrons. The van der Waals surface area contributed by atoms with E-state index in [9.17, 15) is 4.79 Å². The molecule has 0 saturated carbocycles. The maximum atomic E-state index is 15.9. The Labute approximate surface area is 280 Å². The van der Waals surface area contributed by atoms with Crippen molar-refractivity contribution < 1.29 is 13.6 Å². The molecule has 1 fully saturated rings. The van der Waals surface area contributed by atoms with Crippen LogP contribution in [0.4, 0.5) is 10.1 Å². The average molecular weight is 668 g/mol. The van der Waals surface area contributed by atoms with E-state index in [4.69, 9.17) is 20.8 Å². The minimum absolute atomic E-state index is 0.0262. The second-order valence-electron chi connectivity index (χ2n) is 13.6. The first kappa shape index (κ1) is 31.6. The summed E-state index contributed by atoms with van der Waals surface area (Å²) < 4.78 is 31.2. The zero-order valence-electron chi connectivity index (χ0n) is 27.0. The Hall–Kier alpha value is -3.98. The van der Waals surface area contributed by atoms with Crippen LogP contribution in [0.25, 0.3) is 10.9 Å². The van der Waals surface area contributed by atoms with Crippen molar-refractivity contribution in [3.63, 3.8) is 0 Å². The van der Waals surface area contributed by atoms with Gasteiger partial charge in [0.1, 0.15) is 6.61 Å². The van der Waals surface area contributed by atoms with Gasteiger partial charge >= 0.3 is 0 Å². The lowest BCUT2D eigenvalue weighted by molar-refractivity contribution is 0.171. The molecular weight excluding hydrogens is 629 g/mol. The lowest BCUT2D eigenvalue weighted by Gasteiger charge is -2.45. The van der Waals surface area contributed by atoms with E-state index < -0.39 is 14.1 Å². The van der Waals surface area contributed by atoms with Crippen molar-refractivity contribution >= 4 is 46.9 Å². The third-order valence-electron chi connectivity index (χ3n) is 9.71. The lowest BCUT2D eigenvalue weighted by Crippen LogP contribution is -2.67. The summed E-state index contributed by atoms with van der Waals surface area (Å²) in [4.78, 5) is 20.3. The third kappa shape index (κ3) is 5.66. The number of fused-ring (bicyclic) bond motifs is 2. The number of pyridine rings is 2. The number of halogens is 2. The van der Waals surface area contributed by atoms with Gasteiger partial charge in [-0.1, -0.05) is 123 Å². The van der Waals surface area contributed by atoms with E-state index >= 15 is 4.39 Å². The van der Waals surface area contributed by atoms with Gasteiger partial charge in [0.25, 0.3) is 13.9 Å². The third-order valence-corrected chi connectivity index (χ3v) is 15.1. The van der Waals surface area contributed by atoms with Crippen molar-refractivity contribution in [1.29, 1.82) is 0 Å². The van der Waals surface area contributed by atoms with Crippen LogP contribution in [-0.2, 0) is 11.0 Å². The van der Waals surface area contributed by atoms with Crippen molar-refractivity contribution in [2.45, 2.75) is 63.8 Å². The summed E-state index contributed by atoms with van der Waals surface area (Å²) in [6.07, 6.45) is 2.32. The predicted octanol–water partition coefficient (Wildman–Crippen LogP) is 6.93. The molecule has 3 aromatic carbocycles. The van der Waals surface area contributed by atoms with Gasteiger partial charge in [-0.2, -0.15) is 4.98 Å². The first-order valence-corrected chi connectivity index (χ1v) is 18.6. The minimum atomic E-state index is -2.77. The van der Waals surface area contributed by atoms with Crippen LogP contribution < -0.4 is 25.6 Å². The Morgan fingerprint density at radius 1 is 0.936 bits per heavy atom. The zero-order valence-corrected chi connectivity index (χ0v) is 28.7. The summed E-state index contributed by atoms with van der Waals surface area (Å²) in [5.74, 6) is -0.457. The van der Waals surface area contributed by atoms with Gasteiger partial charge in [0.2, 0.25) is 5.88 Å². The molecule has 1 unspecified atom stereocenters. The van der Waals surface area contributed by atoms with Gasteiger partial charge in [0.05, 0.1) is 29.2 Å². The van der Waals surface area contributed by atoms with Crippen molar-refractivity contribution in [3.05, 3.63) is 124 Å². The fraction of sp³-hybridized carbons (Fsp3) is 0.316. The Balaban J connectivity index is 1.29. The van der Waals surface area contributed by atoms with Crippen molar-refractivity contribution in [2.24, 2.45) is 0 Å². The van der Waals surface area contributed by atoms with Gasteiger partial charge in [-0.15, -0.1) is 0 Å². The summed E-state index contributed by atoms with van der Waals surface area (Å²) in [7, 11) is -2.77. The number of aromatic nitrogens is 2. The quantitative estimate of drug-likeness (QED) is 0.145. The van der Waals surface area contributed by atoms with Gasteiger partial charge < -0.3 is 18.6 Å². The van der Waals surface area contributed by atoms with Crippen LogP contribution in [0.1, 0.15) is 45.6 Å². The van der Waals surface area contributed by atoms with Gasteiger partial charge in [-0.3, -0.25) is 4.79 Å². The molecule has 2 aliphatic rings. The first-order valence-electron chi connectivity index (χ1n) is 16.3. The minimum Gasteiger partial charge on any atom is -0.475 e. The molecule has 2 atom stereocenters. The Bertz CT molecular complexity index is 1910. The van der Waals surface area contributed by atoms with Crippen LogP contribution in [-0.4, -0.2) is 43.2 Å². The number of nitrogens with zero attached hydrogens (tertiary/aromatic N) is 3. The summed E-state index contributed by atoms with van der Waals surface area (Å²) in [5.41, 5.74) is 1.34. The Morgan fingerprint density at radius 3 is 2.17 bits per heavy atom. The second kappa shape index (κ2) is 12.6. The topological polar surface area (TPSA) is 56.6 Å². The van der Waals surface area contributed by atoms with Crippen LogP contribution in [0.2, 0.25) is 10.2 Å². The maximum Gasteiger partial charge on any atom is 0.261 e. The second-order valence-corrected chi connectivity index (χ2v) is 18.2. The highest BCUT2D eigenvalue weighted by Gasteiger charge is 2.51. The van der Waals surface area contributed by atoms with Crippen LogP contribution in [0.5, 0.6) is 5.88 Å². The van der Waals surface area contributed by atoms with E-state index in [0.717, 1.165) is 24.8 Å². The molecule has 0 bridgehead atoms. The van der Waals surface area contributed by atoms with E-state index in [1.807, 2.05) is 30.3 Å². The highest BCUT2D eigenvalue weighted by Crippen LogP contribution is 2.42. The van der Waals surface area contributed by atoms with E-state index in [-0.39, 0.29) is 45.8 Å². The van der Waals surface area contributed by atoms with E-state index in [2.05, 4.69) is 91.3 Å². The summed E-state index contributed by atoms with van der Waals surface area (Å²) in [5, 5.41) is 2.53. The predicted molar refractivity (Wildman–Crippen MR) is 189 cm³/mol. The largest absolute Gasteiger partial charge is 0.475 e. The molecule has 1 saturated heterocycles. The summed E-state index contributed by atoms with van der Waals surface area (Å²) >= 11 is 6.32. The molecule has 6 nitrogen and oxygen atoms in total. The fourth-order valence-electron chi connectivity index (χ4n) is 7.49. The SMILES string of the molecule is CC(C)(C)[Si](OC1CC[C@H]2COc3nc(Cl)c(F)c4c3c(cc(=O)n4Cc3ccccc3)N2CC1)(c1ccccc1)c1ccccc1. The Kier molecular flexibility index (Phi) is 8.45. The van der Waals surface area contributed by atoms with E-state index in [1.54, 1.807) is 6.07 Å². The summed E-state index contributed by atoms with van der Waals surface area (Å²) in [6, 6.07) is 32.5. The van der Waals surface area contributed by atoms with Gasteiger partial charge in [-0.25, -0.2) is 4.39 Å². The highest BCUT2D eigenvalue weighted by molar-refractivity contribution is 6.99. The van der Waals surface area contributed by atoms with Gasteiger partial charge in [-0.05, 0) is 40.2 Å².